The minimum atomic E-state index is 0.199. The van der Waals surface area contributed by atoms with Crippen LogP contribution >= 0.6 is 11.3 Å². The van der Waals surface area contributed by atoms with Gasteiger partial charge >= 0.3 is 0 Å². The van der Waals surface area contributed by atoms with Crippen molar-refractivity contribution in [2.75, 3.05) is 13.1 Å². The normalized spacial score (nSPS) is 17.4. The highest BCUT2D eigenvalue weighted by Crippen LogP contribution is 2.23. The summed E-state index contributed by atoms with van der Waals surface area (Å²) in [6.07, 6.45) is 3.31. The molecule has 0 saturated carbocycles. The summed E-state index contributed by atoms with van der Waals surface area (Å²) in [5, 5.41) is 8.09. The van der Waals surface area contributed by atoms with Gasteiger partial charge in [0, 0.05) is 30.5 Å². The number of benzene rings is 1. The lowest BCUT2D eigenvalue weighted by Crippen LogP contribution is -2.41. The first kappa shape index (κ1) is 17.0. The molecular weight excluding hydrogens is 346 g/mol. The van der Waals surface area contributed by atoms with Gasteiger partial charge in [-0.15, -0.1) is 0 Å². The van der Waals surface area contributed by atoms with Crippen LogP contribution in [0, 0.1) is 5.92 Å². The number of aromatic nitrogens is 2. The molecule has 0 N–H and O–H groups in total. The van der Waals surface area contributed by atoms with Crippen molar-refractivity contribution in [3.05, 3.63) is 58.6 Å². The van der Waals surface area contributed by atoms with Gasteiger partial charge in [-0.3, -0.25) is 4.79 Å². The van der Waals surface area contributed by atoms with Crippen LogP contribution in [0.15, 0.2) is 51.7 Å². The van der Waals surface area contributed by atoms with Gasteiger partial charge in [-0.25, -0.2) is 0 Å². The fourth-order valence-electron chi connectivity index (χ4n) is 3.43. The van der Waals surface area contributed by atoms with Gasteiger partial charge in [0.05, 0.1) is 6.42 Å². The van der Waals surface area contributed by atoms with Crippen molar-refractivity contribution < 1.29 is 9.32 Å². The van der Waals surface area contributed by atoms with Crippen LogP contribution in [0.4, 0.5) is 0 Å². The molecule has 0 spiro atoms. The van der Waals surface area contributed by atoms with Crippen molar-refractivity contribution in [3.63, 3.8) is 0 Å². The Hall–Kier alpha value is -2.47. The lowest BCUT2D eigenvalue weighted by molar-refractivity contribution is -0.132. The highest BCUT2D eigenvalue weighted by Gasteiger charge is 2.25. The van der Waals surface area contributed by atoms with Crippen molar-refractivity contribution in [1.29, 1.82) is 0 Å². The summed E-state index contributed by atoms with van der Waals surface area (Å²) in [6, 6.07) is 11.9. The van der Waals surface area contributed by atoms with Crippen molar-refractivity contribution in [2.45, 2.75) is 25.7 Å². The summed E-state index contributed by atoms with van der Waals surface area (Å²) in [7, 11) is 0. The number of carbonyl (C=O) groups excluding carboxylic acids is 1. The highest BCUT2D eigenvalue weighted by atomic mass is 32.1. The predicted octanol–water partition coefficient (Wildman–Crippen LogP) is 3.82. The van der Waals surface area contributed by atoms with Crippen LogP contribution in [0.1, 0.15) is 24.3 Å². The molecule has 1 saturated heterocycles. The fourth-order valence-corrected chi connectivity index (χ4v) is 4.07. The predicted molar refractivity (Wildman–Crippen MR) is 101 cm³/mol. The average Bonchev–Trinajstić information content (AvgIpc) is 3.34. The Balaban J connectivity index is 1.35. The number of carbonyl (C=O) groups is 1. The van der Waals surface area contributed by atoms with Crippen LogP contribution in [0.5, 0.6) is 0 Å². The van der Waals surface area contributed by atoms with E-state index >= 15 is 0 Å². The van der Waals surface area contributed by atoms with Gasteiger partial charge in [0.1, 0.15) is 0 Å². The largest absolute Gasteiger partial charge is 0.342 e. The summed E-state index contributed by atoms with van der Waals surface area (Å²) in [4.78, 5) is 19.1. The van der Waals surface area contributed by atoms with Crippen molar-refractivity contribution in [2.24, 2.45) is 5.92 Å². The van der Waals surface area contributed by atoms with Gasteiger partial charge in [0.15, 0.2) is 0 Å². The molecule has 4 rings (SSSR count). The van der Waals surface area contributed by atoms with Crippen LogP contribution in [0.2, 0.25) is 0 Å². The van der Waals surface area contributed by atoms with E-state index in [0.717, 1.165) is 43.5 Å². The zero-order valence-electron chi connectivity index (χ0n) is 14.5. The topological polar surface area (TPSA) is 59.2 Å². The SMILES string of the molecule is O=C(Cc1ccccc1)N1CCCC(Cc2nc(-c3ccsc3)no2)C1. The van der Waals surface area contributed by atoms with E-state index in [1.807, 2.05) is 52.1 Å². The van der Waals surface area contributed by atoms with Gasteiger partial charge < -0.3 is 9.42 Å². The zero-order chi connectivity index (χ0) is 17.8. The lowest BCUT2D eigenvalue weighted by atomic mass is 9.94. The Morgan fingerprint density at radius 2 is 2.15 bits per heavy atom. The second-order valence-electron chi connectivity index (χ2n) is 6.74. The minimum absolute atomic E-state index is 0.199. The van der Waals surface area contributed by atoms with E-state index in [0.29, 0.717) is 24.1 Å². The lowest BCUT2D eigenvalue weighted by Gasteiger charge is -2.32. The summed E-state index contributed by atoms with van der Waals surface area (Å²) in [5.41, 5.74) is 2.06. The van der Waals surface area contributed by atoms with Crippen LogP contribution in [0.25, 0.3) is 11.4 Å². The van der Waals surface area contributed by atoms with Crippen LogP contribution in [0.3, 0.4) is 0 Å². The van der Waals surface area contributed by atoms with E-state index in [1.54, 1.807) is 11.3 Å². The third-order valence-corrected chi connectivity index (χ3v) is 5.46. The number of hydrogen-bond donors (Lipinski definition) is 0. The van der Waals surface area contributed by atoms with Crippen molar-refractivity contribution in [1.82, 2.24) is 15.0 Å². The van der Waals surface area contributed by atoms with E-state index in [4.69, 9.17) is 4.52 Å². The van der Waals surface area contributed by atoms with E-state index in [1.165, 1.54) is 0 Å². The van der Waals surface area contributed by atoms with Gasteiger partial charge in [-0.1, -0.05) is 35.5 Å². The quantitative estimate of drug-likeness (QED) is 0.688. The van der Waals surface area contributed by atoms with E-state index in [2.05, 4.69) is 10.1 Å². The molecule has 1 atom stereocenters. The number of hydrogen-bond acceptors (Lipinski definition) is 5. The Kier molecular flexibility index (Phi) is 5.11. The summed E-state index contributed by atoms with van der Waals surface area (Å²) < 4.78 is 5.42. The maximum Gasteiger partial charge on any atom is 0.227 e. The highest BCUT2D eigenvalue weighted by molar-refractivity contribution is 7.08. The molecule has 0 aliphatic carbocycles. The van der Waals surface area contributed by atoms with Crippen molar-refractivity contribution in [3.8, 4) is 11.4 Å². The maximum absolute atomic E-state index is 12.6. The molecule has 1 aliphatic rings. The first-order valence-corrected chi connectivity index (χ1v) is 9.89. The van der Waals surface area contributed by atoms with Crippen LogP contribution in [-0.2, 0) is 17.6 Å². The summed E-state index contributed by atoms with van der Waals surface area (Å²) in [6.45, 7) is 1.61. The first-order chi connectivity index (χ1) is 12.8. The number of likely N-dealkylation sites (tertiary alicyclic amines) is 1. The third-order valence-electron chi connectivity index (χ3n) is 4.78. The smallest absolute Gasteiger partial charge is 0.227 e. The molecule has 1 aromatic carbocycles. The molecule has 1 fully saturated rings. The van der Waals surface area contributed by atoms with Crippen LogP contribution < -0.4 is 0 Å². The Bertz CT molecular complexity index is 845. The zero-order valence-corrected chi connectivity index (χ0v) is 15.3. The van der Waals surface area contributed by atoms with Gasteiger partial charge in [-0.2, -0.15) is 16.3 Å². The van der Waals surface area contributed by atoms with Gasteiger partial charge in [0.2, 0.25) is 17.6 Å². The molecule has 3 aromatic rings. The van der Waals surface area contributed by atoms with Gasteiger partial charge in [0.25, 0.3) is 0 Å². The average molecular weight is 367 g/mol. The Morgan fingerprint density at radius 3 is 2.96 bits per heavy atom. The molecular formula is C20H21N3O2S. The molecule has 6 heteroatoms. The molecule has 1 unspecified atom stereocenters. The molecule has 0 radical (unpaired) electrons. The number of piperidine rings is 1. The molecule has 0 bridgehead atoms. The standard InChI is InChI=1S/C20H21N3O2S/c24-19(12-15-5-2-1-3-6-15)23-9-4-7-16(13-23)11-18-21-20(22-25-18)17-8-10-26-14-17/h1-3,5-6,8,10,14,16H,4,7,9,11-13H2. The minimum Gasteiger partial charge on any atom is -0.342 e. The first-order valence-electron chi connectivity index (χ1n) is 8.95. The molecule has 5 nitrogen and oxygen atoms in total. The maximum atomic E-state index is 12.6. The number of rotatable bonds is 5. The molecule has 26 heavy (non-hydrogen) atoms. The molecule has 1 aliphatic heterocycles. The van der Waals surface area contributed by atoms with Crippen molar-refractivity contribution >= 4 is 17.2 Å². The number of nitrogens with zero attached hydrogens (tertiary/aromatic N) is 3. The number of amides is 1. The molecule has 1 amide bonds. The fraction of sp³-hybridized carbons (Fsp3) is 0.350. The van der Waals surface area contributed by atoms with E-state index < -0.39 is 0 Å². The van der Waals surface area contributed by atoms with E-state index in [-0.39, 0.29) is 5.91 Å². The molecule has 3 heterocycles. The molecule has 134 valence electrons. The Morgan fingerprint density at radius 1 is 1.27 bits per heavy atom. The second-order valence-corrected chi connectivity index (χ2v) is 7.52. The van der Waals surface area contributed by atoms with E-state index in [9.17, 15) is 4.79 Å². The van der Waals surface area contributed by atoms with Gasteiger partial charge in [-0.05, 0) is 35.8 Å². The monoisotopic (exact) mass is 367 g/mol. The van der Waals surface area contributed by atoms with Crippen LogP contribution in [-0.4, -0.2) is 34.0 Å². The molecule has 2 aromatic heterocycles. The second kappa shape index (κ2) is 7.83. The summed E-state index contributed by atoms with van der Waals surface area (Å²) in [5.74, 6) is 1.88. The third kappa shape index (κ3) is 4.02. The Labute approximate surface area is 156 Å². The number of thiophene rings is 1. The summed E-state index contributed by atoms with van der Waals surface area (Å²) >= 11 is 1.62.